The van der Waals surface area contributed by atoms with Gasteiger partial charge in [-0.25, -0.2) is 4.79 Å². The molecule has 0 saturated carbocycles. The Morgan fingerprint density at radius 2 is 1.38 bits per heavy atom. The monoisotopic (exact) mass is 494 g/mol. The third kappa shape index (κ3) is 6.46. The fourth-order valence-electron chi connectivity index (χ4n) is 3.88. The maximum Gasteiger partial charge on any atom is 0.376 e. The lowest BCUT2D eigenvalue weighted by molar-refractivity contribution is -0.154. The number of hydrogen-bond donors (Lipinski definition) is 2. The van der Waals surface area contributed by atoms with Gasteiger partial charge in [0, 0.05) is 23.2 Å². The quantitative estimate of drug-likeness (QED) is 0.262. The molecule has 186 valence electrons. The van der Waals surface area contributed by atoms with Crippen LogP contribution in [0.3, 0.4) is 0 Å². The van der Waals surface area contributed by atoms with Crippen LogP contribution in [0.4, 0.5) is 5.69 Å². The van der Waals surface area contributed by atoms with Crippen molar-refractivity contribution < 1.29 is 23.9 Å². The summed E-state index contributed by atoms with van der Waals surface area (Å²) in [5, 5.41) is 7.48. The number of anilines is 1. The van der Waals surface area contributed by atoms with E-state index in [1.807, 2.05) is 66.7 Å². The zero-order chi connectivity index (χ0) is 26.2. The highest BCUT2D eigenvalue weighted by Crippen LogP contribution is 2.18. The van der Waals surface area contributed by atoms with Crippen LogP contribution in [-0.2, 0) is 20.7 Å². The van der Waals surface area contributed by atoms with Crippen molar-refractivity contribution >= 4 is 40.0 Å². The molecule has 0 heterocycles. The lowest BCUT2D eigenvalue weighted by Gasteiger charge is -2.17. The summed E-state index contributed by atoms with van der Waals surface area (Å²) in [4.78, 5) is 50.3. The van der Waals surface area contributed by atoms with Crippen LogP contribution < -0.4 is 10.6 Å². The van der Waals surface area contributed by atoms with E-state index in [1.54, 1.807) is 37.3 Å². The minimum Gasteiger partial charge on any atom is -0.460 e. The molecule has 1 atom stereocenters. The summed E-state index contributed by atoms with van der Waals surface area (Å²) in [5.74, 6) is -2.61. The average molecular weight is 495 g/mol. The van der Waals surface area contributed by atoms with Gasteiger partial charge in [-0.2, -0.15) is 0 Å². The number of carbonyl (C=O) groups excluding carboxylic acids is 4. The number of Topliss-reactive ketones (excluding diaryl/α,β-unsaturated/α-hetero) is 1. The minimum absolute atomic E-state index is 0.0585. The number of hydrogen-bond acceptors (Lipinski definition) is 5. The molecule has 0 spiro atoms. The van der Waals surface area contributed by atoms with Crippen LogP contribution in [-0.4, -0.2) is 36.2 Å². The normalized spacial score (nSPS) is 11.4. The van der Waals surface area contributed by atoms with Gasteiger partial charge >= 0.3 is 5.97 Å². The lowest BCUT2D eigenvalue weighted by Crippen LogP contribution is -2.46. The largest absolute Gasteiger partial charge is 0.460 e. The van der Waals surface area contributed by atoms with Crippen LogP contribution in [0.1, 0.15) is 33.2 Å². The summed E-state index contributed by atoms with van der Waals surface area (Å²) in [6.45, 7) is 1.67. The zero-order valence-electron chi connectivity index (χ0n) is 20.3. The van der Waals surface area contributed by atoms with Gasteiger partial charge in [-0.05, 0) is 59.7 Å². The topological polar surface area (TPSA) is 102 Å². The van der Waals surface area contributed by atoms with Crippen LogP contribution in [0.2, 0.25) is 0 Å². The van der Waals surface area contributed by atoms with E-state index < -0.39 is 23.7 Å². The van der Waals surface area contributed by atoms with E-state index in [0.717, 1.165) is 16.3 Å². The summed E-state index contributed by atoms with van der Waals surface area (Å²) in [7, 11) is 0. The van der Waals surface area contributed by atoms with Crippen molar-refractivity contribution in [1.29, 1.82) is 0 Å². The summed E-state index contributed by atoms with van der Waals surface area (Å²) in [5.41, 5.74) is 2.09. The number of ketones is 1. The van der Waals surface area contributed by atoms with Crippen LogP contribution in [0.15, 0.2) is 97.1 Å². The molecule has 4 aromatic carbocycles. The van der Waals surface area contributed by atoms with E-state index in [9.17, 15) is 19.2 Å². The highest BCUT2D eigenvalue weighted by molar-refractivity contribution is 6.36. The molecule has 7 heteroatoms. The van der Waals surface area contributed by atoms with Crippen molar-refractivity contribution in [2.75, 3.05) is 11.9 Å². The number of amides is 2. The van der Waals surface area contributed by atoms with Crippen LogP contribution in [0.25, 0.3) is 10.8 Å². The van der Waals surface area contributed by atoms with Crippen molar-refractivity contribution in [3.63, 3.8) is 0 Å². The van der Waals surface area contributed by atoms with Crippen molar-refractivity contribution in [3.05, 3.63) is 114 Å². The van der Waals surface area contributed by atoms with Gasteiger partial charge in [-0.3, -0.25) is 14.4 Å². The summed E-state index contributed by atoms with van der Waals surface area (Å²) in [6, 6.07) is 27.5. The molecule has 0 fully saturated rings. The molecule has 2 N–H and O–H groups in total. The van der Waals surface area contributed by atoms with Gasteiger partial charge in [0.1, 0.15) is 6.04 Å². The second-order valence-electron chi connectivity index (χ2n) is 8.39. The van der Waals surface area contributed by atoms with E-state index in [4.69, 9.17) is 4.74 Å². The first-order valence-corrected chi connectivity index (χ1v) is 11.9. The van der Waals surface area contributed by atoms with E-state index >= 15 is 0 Å². The Morgan fingerprint density at radius 1 is 0.730 bits per heavy atom. The Morgan fingerprint density at radius 3 is 2.08 bits per heavy atom. The third-order valence-corrected chi connectivity index (χ3v) is 5.80. The molecule has 0 saturated heterocycles. The van der Waals surface area contributed by atoms with Gasteiger partial charge in [-0.15, -0.1) is 0 Å². The summed E-state index contributed by atoms with van der Waals surface area (Å²) < 4.78 is 4.84. The van der Waals surface area contributed by atoms with E-state index in [-0.39, 0.29) is 24.5 Å². The number of fused-ring (bicyclic) bond motifs is 1. The van der Waals surface area contributed by atoms with Gasteiger partial charge in [0.05, 0.1) is 6.61 Å². The molecule has 2 amide bonds. The molecule has 0 bridgehead atoms. The van der Waals surface area contributed by atoms with Crippen molar-refractivity contribution in [3.8, 4) is 0 Å². The van der Waals surface area contributed by atoms with Crippen molar-refractivity contribution in [2.45, 2.75) is 19.4 Å². The molecule has 0 aromatic heterocycles. The molecule has 4 rings (SSSR count). The highest BCUT2D eigenvalue weighted by atomic mass is 16.5. The first-order valence-electron chi connectivity index (χ1n) is 11.9. The molecular weight excluding hydrogens is 468 g/mol. The molecule has 0 radical (unpaired) electrons. The average Bonchev–Trinajstić information content (AvgIpc) is 2.93. The van der Waals surface area contributed by atoms with Crippen LogP contribution >= 0.6 is 0 Å². The fourth-order valence-corrected chi connectivity index (χ4v) is 3.88. The maximum absolute atomic E-state index is 12.9. The standard InChI is InChI=1S/C30H26N2O5/c1-2-37-30(36)27(33)26(18-20-8-4-3-5-9-20)32-28(34)22-14-16-25(17-15-22)31-29(35)24-13-12-21-10-6-7-11-23(21)19-24/h3-17,19,26H,2,18H2,1H3,(H,31,35)(H,32,34). The minimum atomic E-state index is -1.08. The molecule has 1 unspecified atom stereocenters. The molecule has 0 aliphatic rings. The van der Waals surface area contributed by atoms with E-state index in [0.29, 0.717) is 11.3 Å². The lowest BCUT2D eigenvalue weighted by atomic mass is 10.0. The van der Waals surface area contributed by atoms with Gasteiger partial charge in [0.15, 0.2) is 0 Å². The zero-order valence-corrected chi connectivity index (χ0v) is 20.3. The Hall–Kier alpha value is -4.78. The summed E-state index contributed by atoms with van der Waals surface area (Å²) >= 11 is 0. The molecular formula is C30H26N2O5. The van der Waals surface area contributed by atoms with Gasteiger partial charge in [0.25, 0.3) is 17.6 Å². The van der Waals surface area contributed by atoms with Crippen molar-refractivity contribution in [1.82, 2.24) is 5.32 Å². The SMILES string of the molecule is CCOC(=O)C(=O)C(Cc1ccccc1)NC(=O)c1ccc(NC(=O)c2ccc3ccccc3c2)cc1. The second kappa shape index (κ2) is 11.8. The number of esters is 1. The summed E-state index contributed by atoms with van der Waals surface area (Å²) in [6.07, 6.45) is 0.143. The molecule has 7 nitrogen and oxygen atoms in total. The highest BCUT2D eigenvalue weighted by Gasteiger charge is 2.28. The van der Waals surface area contributed by atoms with Crippen molar-refractivity contribution in [2.24, 2.45) is 0 Å². The van der Waals surface area contributed by atoms with Crippen LogP contribution in [0, 0.1) is 0 Å². The van der Waals surface area contributed by atoms with Gasteiger partial charge in [0.2, 0.25) is 0 Å². The Kier molecular flexibility index (Phi) is 8.05. The number of rotatable bonds is 9. The predicted octanol–water partition coefficient (Wildman–Crippen LogP) is 4.57. The van der Waals surface area contributed by atoms with E-state index in [1.165, 1.54) is 0 Å². The number of ether oxygens (including phenoxy) is 1. The first-order chi connectivity index (χ1) is 17.9. The van der Waals surface area contributed by atoms with E-state index in [2.05, 4.69) is 10.6 Å². The smallest absolute Gasteiger partial charge is 0.376 e. The third-order valence-electron chi connectivity index (χ3n) is 5.80. The number of carbonyl (C=O) groups is 4. The number of nitrogens with one attached hydrogen (secondary N) is 2. The first kappa shape index (κ1) is 25.3. The predicted molar refractivity (Wildman–Crippen MR) is 141 cm³/mol. The molecule has 0 aliphatic carbocycles. The Balaban J connectivity index is 1.44. The number of benzene rings is 4. The van der Waals surface area contributed by atoms with Crippen LogP contribution in [0.5, 0.6) is 0 Å². The Bertz CT molecular complexity index is 1430. The molecule has 0 aliphatic heterocycles. The fraction of sp³-hybridized carbons (Fsp3) is 0.133. The molecule has 37 heavy (non-hydrogen) atoms. The second-order valence-corrected chi connectivity index (χ2v) is 8.39. The maximum atomic E-state index is 12.9. The van der Waals surface area contributed by atoms with Gasteiger partial charge in [-0.1, -0.05) is 60.7 Å². The van der Waals surface area contributed by atoms with Gasteiger partial charge < -0.3 is 15.4 Å². The molecule has 4 aromatic rings. The Labute approximate surface area is 214 Å².